The molecule has 0 aliphatic carbocycles. The molecule has 0 atom stereocenters. The zero-order valence-electron chi connectivity index (χ0n) is 16.3. The number of unbranched alkanes of at least 4 members (excludes halogenated alkanes) is 1. The van der Waals surface area contributed by atoms with E-state index in [1.807, 2.05) is 31.2 Å². The molecule has 2 aromatic carbocycles. The van der Waals surface area contributed by atoms with Crippen LogP contribution in [0.25, 0.3) is 21.5 Å². The van der Waals surface area contributed by atoms with E-state index >= 15 is 0 Å². The molecule has 1 amide bonds. The molecule has 0 aliphatic heterocycles. The molecule has 1 N–H and O–H groups in total. The Labute approximate surface area is 178 Å². The molecule has 0 aliphatic rings. The lowest BCUT2D eigenvalue weighted by Gasteiger charge is -2.01. The van der Waals surface area contributed by atoms with Gasteiger partial charge in [-0.1, -0.05) is 54.5 Å². The second kappa shape index (κ2) is 8.39. The minimum Gasteiger partial charge on any atom is -0.451 e. The van der Waals surface area contributed by atoms with Gasteiger partial charge in [0.15, 0.2) is 10.9 Å². The number of nitrogens with one attached hydrogen (secondary N) is 1. The predicted octanol–water partition coefficient (Wildman–Crippen LogP) is 7.11. The minimum absolute atomic E-state index is 0.236. The summed E-state index contributed by atoms with van der Waals surface area (Å²) >= 11 is 7.66. The quantitative estimate of drug-likeness (QED) is 0.358. The fourth-order valence-corrected chi connectivity index (χ4v) is 4.18. The van der Waals surface area contributed by atoms with E-state index in [0.717, 1.165) is 27.8 Å². The van der Waals surface area contributed by atoms with Crippen LogP contribution in [-0.4, -0.2) is 10.9 Å². The highest BCUT2D eigenvalue weighted by Gasteiger charge is 2.15. The van der Waals surface area contributed by atoms with Gasteiger partial charge >= 0.3 is 0 Å². The second-order valence-electron chi connectivity index (χ2n) is 7.01. The van der Waals surface area contributed by atoms with Crippen molar-refractivity contribution in [3.8, 4) is 11.3 Å². The molecule has 6 heteroatoms. The van der Waals surface area contributed by atoms with Crippen molar-refractivity contribution in [1.82, 2.24) is 4.98 Å². The number of benzene rings is 2. The fraction of sp³-hybridized carbons (Fsp3) is 0.217. The highest BCUT2D eigenvalue weighted by Crippen LogP contribution is 2.29. The zero-order chi connectivity index (χ0) is 20.4. The van der Waals surface area contributed by atoms with Gasteiger partial charge in [-0.25, -0.2) is 4.98 Å². The summed E-state index contributed by atoms with van der Waals surface area (Å²) in [4.78, 5) is 17.1. The van der Waals surface area contributed by atoms with Gasteiger partial charge in [-0.15, -0.1) is 0 Å². The van der Waals surface area contributed by atoms with Crippen molar-refractivity contribution in [3.63, 3.8) is 0 Å². The summed E-state index contributed by atoms with van der Waals surface area (Å²) in [5.74, 6) is 0.515. The molecule has 0 saturated carbocycles. The number of thiazole rings is 1. The van der Waals surface area contributed by atoms with Crippen molar-refractivity contribution in [2.24, 2.45) is 0 Å². The molecule has 4 aromatic rings. The Balaban J connectivity index is 1.50. The van der Waals surface area contributed by atoms with Crippen molar-refractivity contribution in [2.75, 3.05) is 5.32 Å². The van der Waals surface area contributed by atoms with Gasteiger partial charge in [0.2, 0.25) is 0 Å². The van der Waals surface area contributed by atoms with Crippen molar-refractivity contribution in [3.05, 3.63) is 70.4 Å². The van der Waals surface area contributed by atoms with E-state index in [4.69, 9.17) is 16.0 Å². The molecule has 0 fully saturated rings. The van der Waals surface area contributed by atoms with Crippen molar-refractivity contribution in [2.45, 2.75) is 33.1 Å². The molecule has 0 saturated heterocycles. The lowest BCUT2D eigenvalue weighted by Crippen LogP contribution is -2.10. The number of carbonyl (C=O) groups excluding carboxylic acids is 1. The third-order valence-corrected chi connectivity index (χ3v) is 6.12. The van der Waals surface area contributed by atoms with Crippen molar-refractivity contribution in [1.29, 1.82) is 0 Å². The maximum absolute atomic E-state index is 12.6. The highest BCUT2D eigenvalue weighted by atomic mass is 35.5. The number of anilines is 1. The molecule has 2 aromatic heterocycles. The van der Waals surface area contributed by atoms with Gasteiger partial charge in [-0.3, -0.25) is 10.1 Å². The Hall–Kier alpha value is -2.63. The predicted molar refractivity (Wildman–Crippen MR) is 120 cm³/mol. The maximum Gasteiger partial charge on any atom is 0.293 e. The van der Waals surface area contributed by atoms with Crippen LogP contribution in [0.4, 0.5) is 5.13 Å². The third-order valence-electron chi connectivity index (χ3n) is 4.78. The van der Waals surface area contributed by atoms with Crippen LogP contribution in [0.1, 0.15) is 41.4 Å². The van der Waals surface area contributed by atoms with E-state index < -0.39 is 0 Å². The van der Waals surface area contributed by atoms with E-state index in [-0.39, 0.29) is 11.7 Å². The third kappa shape index (κ3) is 4.36. The van der Waals surface area contributed by atoms with Crippen LogP contribution in [0.2, 0.25) is 5.02 Å². The summed E-state index contributed by atoms with van der Waals surface area (Å²) in [5.41, 5.74) is 4.01. The lowest BCUT2D eigenvalue weighted by molar-refractivity contribution is 0.0997. The number of furan rings is 1. The van der Waals surface area contributed by atoms with E-state index in [2.05, 4.69) is 29.4 Å². The van der Waals surface area contributed by atoms with E-state index in [1.165, 1.54) is 29.7 Å². The number of hydrogen-bond acceptors (Lipinski definition) is 4. The molecular weight excluding hydrogens is 404 g/mol. The van der Waals surface area contributed by atoms with Crippen LogP contribution in [0.15, 0.2) is 52.9 Å². The van der Waals surface area contributed by atoms with E-state index in [0.29, 0.717) is 15.9 Å². The average molecular weight is 425 g/mol. The summed E-state index contributed by atoms with van der Waals surface area (Å²) in [6.45, 7) is 4.13. The average Bonchev–Trinajstić information content (AvgIpc) is 3.35. The molecule has 148 valence electrons. The van der Waals surface area contributed by atoms with Crippen LogP contribution >= 0.6 is 22.9 Å². The Kier molecular flexibility index (Phi) is 5.69. The largest absolute Gasteiger partial charge is 0.451 e. The van der Waals surface area contributed by atoms with Crippen molar-refractivity contribution >= 4 is 44.2 Å². The van der Waals surface area contributed by atoms with Gasteiger partial charge in [0.05, 0.1) is 10.2 Å². The first-order chi connectivity index (χ1) is 14.0. The van der Waals surface area contributed by atoms with E-state index in [9.17, 15) is 4.79 Å². The SMILES string of the molecule is CCCCc1ccc2nc(NC(=O)c3ccc(-c4ccc(C)c(Cl)c4)o3)sc2c1. The summed E-state index contributed by atoms with van der Waals surface area (Å²) in [7, 11) is 0. The van der Waals surface area contributed by atoms with Gasteiger partial charge < -0.3 is 4.42 Å². The first kappa shape index (κ1) is 19.7. The van der Waals surface area contributed by atoms with Gasteiger partial charge in [0.25, 0.3) is 5.91 Å². The van der Waals surface area contributed by atoms with Gasteiger partial charge in [0.1, 0.15) is 5.76 Å². The first-order valence-corrected chi connectivity index (χ1v) is 10.8. The van der Waals surface area contributed by atoms with Crippen LogP contribution in [0.5, 0.6) is 0 Å². The highest BCUT2D eigenvalue weighted by molar-refractivity contribution is 7.22. The van der Waals surface area contributed by atoms with Crippen LogP contribution < -0.4 is 5.32 Å². The molecule has 29 heavy (non-hydrogen) atoms. The normalized spacial score (nSPS) is 11.1. The van der Waals surface area contributed by atoms with Gasteiger partial charge in [-0.2, -0.15) is 0 Å². The molecule has 0 bridgehead atoms. The van der Waals surface area contributed by atoms with Crippen LogP contribution in [0.3, 0.4) is 0 Å². The fourth-order valence-electron chi connectivity index (χ4n) is 3.08. The van der Waals surface area contributed by atoms with Gasteiger partial charge in [0, 0.05) is 10.6 Å². The topological polar surface area (TPSA) is 55.1 Å². The standard InChI is InChI=1S/C23H21ClN2O2S/c1-3-4-5-15-7-9-18-21(12-15)29-23(25-18)26-22(27)20-11-10-19(28-20)16-8-6-14(2)17(24)13-16/h6-13H,3-5H2,1-2H3,(H,25,26,27). The molecule has 4 rings (SSSR count). The number of hydrogen-bond donors (Lipinski definition) is 1. The number of fused-ring (bicyclic) bond motifs is 1. The Morgan fingerprint density at radius 3 is 2.83 bits per heavy atom. The summed E-state index contributed by atoms with van der Waals surface area (Å²) < 4.78 is 6.81. The summed E-state index contributed by atoms with van der Waals surface area (Å²) in [5, 5.41) is 4.07. The first-order valence-electron chi connectivity index (χ1n) is 9.60. The number of halogens is 1. The van der Waals surface area contributed by atoms with E-state index in [1.54, 1.807) is 12.1 Å². The molecule has 0 spiro atoms. The number of amides is 1. The second-order valence-corrected chi connectivity index (χ2v) is 8.44. The molecule has 0 radical (unpaired) electrons. The van der Waals surface area contributed by atoms with Crippen molar-refractivity contribution < 1.29 is 9.21 Å². The number of carbonyl (C=O) groups is 1. The molecule has 4 nitrogen and oxygen atoms in total. The monoisotopic (exact) mass is 424 g/mol. The number of aromatic nitrogens is 1. The minimum atomic E-state index is -0.320. The summed E-state index contributed by atoms with van der Waals surface area (Å²) in [6, 6.07) is 15.4. The van der Waals surface area contributed by atoms with Gasteiger partial charge in [-0.05, 0) is 61.2 Å². The maximum atomic E-state index is 12.6. The summed E-state index contributed by atoms with van der Waals surface area (Å²) in [6.07, 6.45) is 3.40. The van der Waals surface area contributed by atoms with Crippen LogP contribution in [0, 0.1) is 6.92 Å². The smallest absolute Gasteiger partial charge is 0.293 e. The van der Waals surface area contributed by atoms with Crippen LogP contribution in [-0.2, 0) is 6.42 Å². The number of nitrogens with zero attached hydrogens (tertiary/aromatic N) is 1. The molecular formula is C23H21ClN2O2S. The number of aryl methyl sites for hydroxylation is 2. The Morgan fingerprint density at radius 1 is 1.17 bits per heavy atom. The lowest BCUT2D eigenvalue weighted by atomic mass is 10.1. The zero-order valence-corrected chi connectivity index (χ0v) is 17.9. The molecule has 2 heterocycles. The molecule has 0 unspecified atom stereocenters. The Morgan fingerprint density at radius 2 is 2.03 bits per heavy atom. The Bertz CT molecular complexity index is 1180. The number of rotatable bonds is 6.